The molecule has 1 heterocycles. The van der Waals surface area contributed by atoms with Crippen molar-refractivity contribution in [3.05, 3.63) is 34.3 Å². The second kappa shape index (κ2) is 5.96. The molecule has 2 unspecified atom stereocenters. The molecule has 1 aromatic carbocycles. The molecule has 1 aromatic rings. The molecule has 0 bridgehead atoms. The van der Waals surface area contributed by atoms with Crippen molar-refractivity contribution in [1.29, 1.82) is 0 Å². The van der Waals surface area contributed by atoms with Crippen LogP contribution in [0.15, 0.2) is 28.7 Å². The van der Waals surface area contributed by atoms with Gasteiger partial charge >= 0.3 is 0 Å². The summed E-state index contributed by atoms with van der Waals surface area (Å²) in [5, 5.41) is 12.8. The van der Waals surface area contributed by atoms with Crippen molar-refractivity contribution >= 4 is 15.9 Å². The molecule has 1 aliphatic rings. The van der Waals surface area contributed by atoms with Crippen molar-refractivity contribution in [3.63, 3.8) is 0 Å². The summed E-state index contributed by atoms with van der Waals surface area (Å²) in [6.07, 6.45) is 0.697. The van der Waals surface area contributed by atoms with Gasteiger partial charge in [-0.15, -0.1) is 0 Å². The van der Waals surface area contributed by atoms with E-state index in [1.165, 1.54) is 5.56 Å². The van der Waals surface area contributed by atoms with Crippen LogP contribution in [-0.4, -0.2) is 42.3 Å². The van der Waals surface area contributed by atoms with E-state index < -0.39 is 0 Å². The van der Waals surface area contributed by atoms with Crippen molar-refractivity contribution in [1.82, 2.24) is 10.2 Å². The second-order valence-corrected chi connectivity index (χ2v) is 5.74. The van der Waals surface area contributed by atoms with E-state index in [4.69, 9.17) is 0 Å². The average molecular weight is 299 g/mol. The fraction of sp³-hybridized carbons (Fsp3) is 0.538. The van der Waals surface area contributed by atoms with E-state index >= 15 is 0 Å². The third-order valence-corrected chi connectivity index (χ3v) is 3.57. The Labute approximate surface area is 111 Å². The SMILES string of the molecule is CN(Cc1cccc(Br)c1)CC1CC(O)CN1. The van der Waals surface area contributed by atoms with Crippen molar-refractivity contribution in [2.45, 2.75) is 25.1 Å². The van der Waals surface area contributed by atoms with Gasteiger partial charge < -0.3 is 15.3 Å². The third kappa shape index (κ3) is 4.07. The lowest BCUT2D eigenvalue weighted by Crippen LogP contribution is -2.34. The normalized spacial score (nSPS) is 24.5. The minimum Gasteiger partial charge on any atom is -0.392 e. The highest BCUT2D eigenvalue weighted by atomic mass is 79.9. The zero-order valence-corrected chi connectivity index (χ0v) is 11.7. The van der Waals surface area contributed by atoms with E-state index in [2.05, 4.69) is 51.4 Å². The first-order chi connectivity index (χ1) is 8.13. The van der Waals surface area contributed by atoms with Crippen LogP contribution in [0.3, 0.4) is 0 Å². The highest BCUT2D eigenvalue weighted by Crippen LogP contribution is 2.14. The van der Waals surface area contributed by atoms with Gasteiger partial charge in [0, 0.05) is 30.1 Å². The van der Waals surface area contributed by atoms with E-state index in [0.717, 1.165) is 30.5 Å². The molecular formula is C13H19BrN2O. The predicted octanol–water partition coefficient (Wildman–Crippen LogP) is 1.60. The van der Waals surface area contributed by atoms with Gasteiger partial charge in [0.15, 0.2) is 0 Å². The Morgan fingerprint density at radius 1 is 1.53 bits per heavy atom. The van der Waals surface area contributed by atoms with Crippen LogP contribution in [0, 0.1) is 0 Å². The molecule has 1 fully saturated rings. The molecule has 0 amide bonds. The summed E-state index contributed by atoms with van der Waals surface area (Å²) >= 11 is 3.48. The van der Waals surface area contributed by atoms with Crippen LogP contribution in [0.25, 0.3) is 0 Å². The van der Waals surface area contributed by atoms with Crippen molar-refractivity contribution in [2.24, 2.45) is 0 Å². The van der Waals surface area contributed by atoms with Crippen molar-refractivity contribution in [2.75, 3.05) is 20.1 Å². The smallest absolute Gasteiger partial charge is 0.0680 e. The fourth-order valence-electron chi connectivity index (χ4n) is 2.32. The maximum Gasteiger partial charge on any atom is 0.0680 e. The lowest BCUT2D eigenvalue weighted by molar-refractivity contribution is 0.189. The summed E-state index contributed by atoms with van der Waals surface area (Å²) in [6, 6.07) is 8.80. The maximum atomic E-state index is 9.45. The zero-order valence-electron chi connectivity index (χ0n) is 10.1. The van der Waals surface area contributed by atoms with E-state index in [9.17, 15) is 5.11 Å². The molecule has 2 rings (SSSR count). The number of likely N-dealkylation sites (N-methyl/N-ethyl adjacent to an activating group) is 1. The molecule has 2 atom stereocenters. The minimum absolute atomic E-state index is 0.167. The van der Waals surface area contributed by atoms with Crippen LogP contribution >= 0.6 is 15.9 Å². The Kier molecular flexibility index (Phi) is 4.56. The number of nitrogens with zero attached hydrogens (tertiary/aromatic N) is 1. The van der Waals surface area contributed by atoms with Crippen LogP contribution in [0.4, 0.5) is 0 Å². The maximum absolute atomic E-state index is 9.45. The lowest BCUT2D eigenvalue weighted by Gasteiger charge is -2.21. The first-order valence-corrected chi connectivity index (χ1v) is 6.77. The summed E-state index contributed by atoms with van der Waals surface area (Å²) in [5.41, 5.74) is 1.31. The number of nitrogens with one attached hydrogen (secondary N) is 1. The van der Waals surface area contributed by atoms with Crippen molar-refractivity contribution < 1.29 is 5.11 Å². The zero-order chi connectivity index (χ0) is 12.3. The van der Waals surface area contributed by atoms with Crippen LogP contribution < -0.4 is 5.32 Å². The summed E-state index contributed by atoms with van der Waals surface area (Å²) in [7, 11) is 2.12. The Balaban J connectivity index is 1.83. The number of rotatable bonds is 4. The summed E-state index contributed by atoms with van der Waals surface area (Å²) < 4.78 is 1.12. The van der Waals surface area contributed by atoms with Gasteiger partial charge in [0.25, 0.3) is 0 Å². The monoisotopic (exact) mass is 298 g/mol. The molecule has 94 valence electrons. The lowest BCUT2D eigenvalue weighted by atomic mass is 10.1. The Morgan fingerprint density at radius 2 is 2.35 bits per heavy atom. The van der Waals surface area contributed by atoms with Gasteiger partial charge in [0.2, 0.25) is 0 Å². The molecule has 2 N–H and O–H groups in total. The first kappa shape index (κ1) is 13.0. The molecule has 0 aliphatic carbocycles. The number of benzene rings is 1. The quantitative estimate of drug-likeness (QED) is 0.886. The largest absolute Gasteiger partial charge is 0.392 e. The molecule has 0 aromatic heterocycles. The third-order valence-electron chi connectivity index (χ3n) is 3.07. The van der Waals surface area contributed by atoms with Crippen LogP contribution in [0.2, 0.25) is 0 Å². The van der Waals surface area contributed by atoms with E-state index in [1.54, 1.807) is 0 Å². The molecule has 0 radical (unpaired) electrons. The summed E-state index contributed by atoms with van der Waals surface area (Å²) in [5.74, 6) is 0. The highest BCUT2D eigenvalue weighted by molar-refractivity contribution is 9.10. The average Bonchev–Trinajstić information content (AvgIpc) is 2.63. The molecule has 3 nitrogen and oxygen atoms in total. The van der Waals surface area contributed by atoms with E-state index in [1.807, 2.05) is 6.07 Å². The van der Waals surface area contributed by atoms with Crippen LogP contribution in [0.5, 0.6) is 0 Å². The summed E-state index contributed by atoms with van der Waals surface area (Å²) in [6.45, 7) is 2.65. The number of aliphatic hydroxyl groups excluding tert-OH is 1. The van der Waals surface area contributed by atoms with Crippen LogP contribution in [0.1, 0.15) is 12.0 Å². The molecule has 1 saturated heterocycles. The Bertz CT molecular complexity index is 372. The van der Waals surface area contributed by atoms with Gasteiger partial charge in [0.1, 0.15) is 0 Å². The standard InChI is InChI=1S/C13H19BrN2O/c1-16(9-12-6-13(17)7-15-12)8-10-3-2-4-11(14)5-10/h2-5,12-13,15,17H,6-9H2,1H3. The molecular weight excluding hydrogens is 280 g/mol. The fourth-order valence-corrected chi connectivity index (χ4v) is 2.77. The topological polar surface area (TPSA) is 35.5 Å². The number of hydrogen-bond acceptors (Lipinski definition) is 3. The van der Waals surface area contributed by atoms with Gasteiger partial charge in [-0.1, -0.05) is 28.1 Å². The van der Waals surface area contributed by atoms with E-state index in [0.29, 0.717) is 6.04 Å². The molecule has 0 saturated carbocycles. The molecule has 0 spiro atoms. The van der Waals surface area contributed by atoms with Gasteiger partial charge in [0.05, 0.1) is 6.10 Å². The highest BCUT2D eigenvalue weighted by Gasteiger charge is 2.22. The number of β-amino-alcohol motifs (C(OH)–C–C–N with tert-alkyl or cyclic N) is 1. The number of halogens is 1. The number of hydrogen-bond donors (Lipinski definition) is 2. The van der Waals surface area contributed by atoms with Gasteiger partial charge in [-0.2, -0.15) is 0 Å². The Morgan fingerprint density at radius 3 is 3.00 bits per heavy atom. The van der Waals surface area contributed by atoms with Gasteiger partial charge in [-0.3, -0.25) is 0 Å². The van der Waals surface area contributed by atoms with Gasteiger partial charge in [-0.25, -0.2) is 0 Å². The minimum atomic E-state index is -0.167. The van der Waals surface area contributed by atoms with Gasteiger partial charge in [-0.05, 0) is 31.2 Å². The molecule has 17 heavy (non-hydrogen) atoms. The first-order valence-electron chi connectivity index (χ1n) is 5.98. The van der Waals surface area contributed by atoms with Crippen LogP contribution in [-0.2, 0) is 6.54 Å². The Hall–Kier alpha value is -0.420. The number of aliphatic hydroxyl groups is 1. The molecule has 1 aliphatic heterocycles. The predicted molar refractivity (Wildman–Crippen MR) is 72.9 cm³/mol. The van der Waals surface area contributed by atoms with Crippen molar-refractivity contribution in [3.8, 4) is 0 Å². The second-order valence-electron chi connectivity index (χ2n) is 4.82. The molecule has 4 heteroatoms. The van der Waals surface area contributed by atoms with E-state index in [-0.39, 0.29) is 6.10 Å². The summed E-state index contributed by atoms with van der Waals surface area (Å²) in [4.78, 5) is 2.29.